The summed E-state index contributed by atoms with van der Waals surface area (Å²) >= 11 is 7.65. The van der Waals surface area contributed by atoms with Crippen LogP contribution in [-0.2, 0) is 6.18 Å². The number of piperazine rings is 1. The predicted molar refractivity (Wildman–Crippen MR) is 161 cm³/mol. The van der Waals surface area contributed by atoms with Crippen molar-refractivity contribution >= 4 is 49.7 Å². The van der Waals surface area contributed by atoms with Gasteiger partial charge in [-0.15, -0.1) is 0 Å². The number of nitrogens with one attached hydrogen (secondary N) is 1. The summed E-state index contributed by atoms with van der Waals surface area (Å²) in [5.41, 5.74) is -2.87. The van der Waals surface area contributed by atoms with Crippen LogP contribution in [0.5, 0.6) is 6.01 Å². The molecule has 4 aliphatic rings. The molecule has 0 spiro atoms. The fourth-order valence-corrected chi connectivity index (χ4v) is 9.00. The Balaban J connectivity index is 1.40. The number of rotatable bonds is 5. The average Bonchev–Trinajstić information content (AvgIpc) is 3.58. The second-order valence-corrected chi connectivity index (χ2v) is 14.3. The van der Waals surface area contributed by atoms with E-state index >= 15 is 4.39 Å². The molecule has 236 valence electrons. The molecule has 7 nitrogen and oxygen atoms in total. The van der Waals surface area contributed by atoms with E-state index in [-0.39, 0.29) is 39.6 Å². The molecule has 44 heavy (non-hydrogen) atoms. The molecule has 2 aromatic heterocycles. The second-order valence-electron chi connectivity index (χ2n) is 12.6. The van der Waals surface area contributed by atoms with Gasteiger partial charge < -0.3 is 0 Å². The number of hydrogen-bond acceptors (Lipinski definition) is 7. The first kappa shape index (κ1) is 30.4. The monoisotopic (exact) mass is 698 g/mol. The Morgan fingerprint density at radius 3 is 2.57 bits per heavy atom. The van der Waals surface area contributed by atoms with Crippen LogP contribution in [0.2, 0.25) is 5.02 Å². The van der Waals surface area contributed by atoms with Crippen molar-refractivity contribution in [1.82, 2.24) is 25.2 Å². The van der Waals surface area contributed by atoms with E-state index in [0.717, 1.165) is 49.1 Å². The van der Waals surface area contributed by atoms with Gasteiger partial charge in [-0.05, 0) is 13.0 Å². The Morgan fingerprint density at radius 1 is 1.14 bits per heavy atom. The van der Waals surface area contributed by atoms with E-state index in [1.807, 2.05) is 11.8 Å². The van der Waals surface area contributed by atoms with Crippen LogP contribution in [0.3, 0.4) is 0 Å². The zero-order valence-corrected chi connectivity index (χ0v) is 27.5. The fourth-order valence-electron chi connectivity index (χ4n) is 7.92. The van der Waals surface area contributed by atoms with Gasteiger partial charge in [0.2, 0.25) is 0 Å². The number of anilines is 1. The summed E-state index contributed by atoms with van der Waals surface area (Å²) < 4.78 is 80.9. The summed E-state index contributed by atoms with van der Waals surface area (Å²) in [6.07, 6.45) is -2.29. The van der Waals surface area contributed by atoms with Crippen molar-refractivity contribution in [1.29, 1.82) is 0 Å². The van der Waals surface area contributed by atoms with Crippen molar-refractivity contribution in [3.8, 4) is 17.3 Å². The quantitative estimate of drug-likeness (QED) is 0.314. The Morgan fingerprint density at radius 2 is 1.86 bits per heavy atom. The number of ether oxygens (including phenoxy) is 1. The van der Waals surface area contributed by atoms with Gasteiger partial charge in [0.15, 0.2) is 0 Å². The Labute approximate surface area is 265 Å². The van der Waals surface area contributed by atoms with Crippen LogP contribution < -0.4 is 19.4 Å². The molecule has 1 N–H and O–H groups in total. The van der Waals surface area contributed by atoms with E-state index in [1.54, 1.807) is 0 Å². The molecule has 0 saturated carbocycles. The van der Waals surface area contributed by atoms with E-state index in [9.17, 15) is 17.6 Å². The molecule has 2 bridgehead atoms. The van der Waals surface area contributed by atoms with Crippen LogP contribution in [-0.4, -0.2) is 92.8 Å². The summed E-state index contributed by atoms with van der Waals surface area (Å²) in [4.78, 5) is 17.5. The van der Waals surface area contributed by atoms with Crippen LogP contribution in [0, 0.1) is 12.7 Å². The van der Waals surface area contributed by atoms with Gasteiger partial charge in [0, 0.05) is 6.54 Å². The SMILES string of the molecule is Cc1cc([AsH2])nc(-c2c(Cl)cc3c(N4CC5CCC(C4)N5)nc(OC(C)[C@]45CCCN4C[C@H](F)C5)nc3c2F)c1C(F)(F)F. The van der Waals surface area contributed by atoms with Crippen LogP contribution in [0.1, 0.15) is 50.2 Å². The molecule has 6 atom stereocenters. The van der Waals surface area contributed by atoms with Crippen molar-refractivity contribution in [2.45, 2.75) is 82.0 Å². The van der Waals surface area contributed by atoms with E-state index in [1.165, 1.54) is 19.1 Å². The molecule has 3 aromatic rings. The zero-order valence-electron chi connectivity index (χ0n) is 24.3. The van der Waals surface area contributed by atoms with E-state index in [4.69, 9.17) is 21.3 Å². The number of nitrogens with zero attached hydrogens (tertiary/aromatic N) is 5. The summed E-state index contributed by atoms with van der Waals surface area (Å²) in [7, 11) is 0. The molecular weight excluding hydrogens is 666 g/mol. The van der Waals surface area contributed by atoms with Gasteiger partial charge in [-0.3, -0.25) is 0 Å². The summed E-state index contributed by atoms with van der Waals surface area (Å²) in [5.74, 6) is -0.612. The Kier molecular flexibility index (Phi) is 7.54. The van der Waals surface area contributed by atoms with Gasteiger partial charge in [0.1, 0.15) is 6.17 Å². The number of aryl methyl sites for hydroxylation is 1. The Hall–Kier alpha value is -2.27. The van der Waals surface area contributed by atoms with Gasteiger partial charge in [0.25, 0.3) is 0 Å². The standard InChI is InChI=1S/C30H33AsClF5N6O/c1-14-8-21(31)39-26(23(14)30(35,36)37)22-20(32)9-19-25(24(22)34)40-28(41-27(19)42-12-17-4-5-18(13-42)38-17)44-15(2)29-6-3-7-43(29)11-16(33)10-29/h8-9,15-18,38H,3-7,10-13,31H2,1-2H3/t15?,16-,17?,18?,29-/m1/s1. The molecule has 4 unspecified atom stereocenters. The molecule has 4 saturated heterocycles. The number of fused-ring (bicyclic) bond motifs is 4. The van der Waals surface area contributed by atoms with E-state index < -0.39 is 46.6 Å². The molecule has 0 radical (unpaired) electrons. The minimum absolute atomic E-state index is 0.0712. The normalized spacial score (nSPS) is 27.8. The van der Waals surface area contributed by atoms with Crippen molar-refractivity contribution in [3.05, 3.63) is 34.1 Å². The fraction of sp³-hybridized carbons (Fsp3) is 0.567. The van der Waals surface area contributed by atoms with Crippen LogP contribution in [0.4, 0.5) is 27.8 Å². The van der Waals surface area contributed by atoms with Crippen LogP contribution in [0.25, 0.3) is 22.2 Å². The molecule has 0 aliphatic carbocycles. The summed E-state index contributed by atoms with van der Waals surface area (Å²) in [6.45, 7) is 5.51. The number of pyridine rings is 1. The summed E-state index contributed by atoms with van der Waals surface area (Å²) in [6, 6.07) is 3.12. The minimum atomic E-state index is -4.79. The molecule has 1 aromatic carbocycles. The van der Waals surface area contributed by atoms with Gasteiger partial charge in [0.05, 0.1) is 0 Å². The molecule has 14 heteroatoms. The summed E-state index contributed by atoms with van der Waals surface area (Å²) in [5, 5.41) is 3.63. The third kappa shape index (κ3) is 5.04. The third-order valence-electron chi connectivity index (χ3n) is 9.81. The van der Waals surface area contributed by atoms with Gasteiger partial charge in [-0.2, -0.15) is 0 Å². The maximum absolute atomic E-state index is 16.7. The van der Waals surface area contributed by atoms with Gasteiger partial charge in [-0.25, -0.2) is 4.39 Å². The van der Waals surface area contributed by atoms with E-state index in [2.05, 4.69) is 20.2 Å². The van der Waals surface area contributed by atoms with Gasteiger partial charge >= 0.3 is 236 Å². The first-order valence-corrected chi connectivity index (χ1v) is 16.5. The van der Waals surface area contributed by atoms with Crippen LogP contribution in [0.15, 0.2) is 12.1 Å². The molecule has 4 aliphatic heterocycles. The van der Waals surface area contributed by atoms with Gasteiger partial charge in [-0.1, -0.05) is 0 Å². The third-order valence-corrected chi connectivity index (χ3v) is 10.7. The van der Waals surface area contributed by atoms with Crippen molar-refractivity contribution in [2.24, 2.45) is 0 Å². The predicted octanol–water partition coefficient (Wildman–Crippen LogP) is 4.35. The first-order chi connectivity index (χ1) is 20.8. The number of benzene rings is 1. The van der Waals surface area contributed by atoms with E-state index in [0.29, 0.717) is 36.4 Å². The number of aromatic nitrogens is 3. The average molecular weight is 699 g/mol. The zero-order chi connectivity index (χ0) is 31.1. The number of hydrogen-bond donors (Lipinski definition) is 1. The van der Waals surface area contributed by atoms with Crippen molar-refractivity contribution in [3.63, 3.8) is 0 Å². The molecule has 7 rings (SSSR count). The second kappa shape index (κ2) is 10.9. The molecule has 6 heterocycles. The number of halogens is 6. The van der Waals surface area contributed by atoms with Crippen molar-refractivity contribution < 1.29 is 26.7 Å². The topological polar surface area (TPSA) is 66.4 Å². The molecular formula is C30H33AsClF5N6O. The Bertz CT molecular complexity index is 1630. The van der Waals surface area contributed by atoms with Crippen LogP contribution >= 0.6 is 11.6 Å². The van der Waals surface area contributed by atoms with Crippen molar-refractivity contribution in [2.75, 3.05) is 31.1 Å². The maximum atomic E-state index is 16.7. The number of alkyl halides is 4. The first-order valence-electron chi connectivity index (χ1n) is 15.0. The molecule has 0 amide bonds. The molecule has 4 fully saturated rings.